The lowest BCUT2D eigenvalue weighted by atomic mass is 10.1. The number of nitrogens with zero attached hydrogens (tertiary/aromatic N) is 1. The fraction of sp³-hybridized carbons (Fsp3) is 0.176. The van der Waals surface area contributed by atoms with Crippen LogP contribution in [0.3, 0.4) is 0 Å². The van der Waals surface area contributed by atoms with Crippen LogP contribution in [0.4, 0.5) is 0 Å². The van der Waals surface area contributed by atoms with E-state index in [1.165, 1.54) is 0 Å². The molecule has 2 N–H and O–H groups in total. The Morgan fingerprint density at radius 2 is 1.96 bits per heavy atom. The normalized spacial score (nSPS) is 12.5. The van der Waals surface area contributed by atoms with E-state index in [1.54, 1.807) is 42.6 Å². The van der Waals surface area contributed by atoms with Crippen molar-refractivity contribution in [3.05, 3.63) is 53.6 Å². The molecule has 23 heavy (non-hydrogen) atoms. The number of carbonyl (C=O) groups is 1. The summed E-state index contributed by atoms with van der Waals surface area (Å²) in [5.74, 6) is 1.43. The van der Waals surface area contributed by atoms with Gasteiger partial charge in [0, 0.05) is 6.42 Å². The maximum absolute atomic E-state index is 11.7. The topological polar surface area (TPSA) is 80.2 Å². The number of ether oxygens (including phenoxy) is 2. The molecule has 118 valence electrons. The minimum Gasteiger partial charge on any atom is -0.508 e. The Morgan fingerprint density at radius 3 is 2.78 bits per heavy atom. The standard InChI is InChI=1S/C17H16N2O4/c20-14-5-1-12(2-6-14)4-8-17(21)19-18-10-13-3-7-15-16(9-13)23-11-22-15/h1-3,5-7,9-10,20H,4,8,11H2,(H,19,21). The van der Waals surface area contributed by atoms with E-state index < -0.39 is 0 Å². The van der Waals surface area contributed by atoms with Gasteiger partial charge in [0.1, 0.15) is 5.75 Å². The van der Waals surface area contributed by atoms with Crippen LogP contribution in [0.1, 0.15) is 17.5 Å². The van der Waals surface area contributed by atoms with Gasteiger partial charge < -0.3 is 14.6 Å². The average molecular weight is 312 g/mol. The molecule has 0 spiro atoms. The number of phenolic OH excluding ortho intramolecular Hbond substituents is 1. The lowest BCUT2D eigenvalue weighted by molar-refractivity contribution is -0.121. The monoisotopic (exact) mass is 312 g/mol. The first kappa shape index (κ1) is 14.9. The number of carbonyl (C=O) groups excluding carboxylic acids is 1. The molecule has 0 unspecified atom stereocenters. The highest BCUT2D eigenvalue weighted by Crippen LogP contribution is 2.31. The number of amides is 1. The summed E-state index contributed by atoms with van der Waals surface area (Å²) in [5.41, 5.74) is 4.29. The van der Waals surface area contributed by atoms with E-state index in [-0.39, 0.29) is 18.4 Å². The zero-order valence-electron chi connectivity index (χ0n) is 12.4. The van der Waals surface area contributed by atoms with E-state index in [4.69, 9.17) is 9.47 Å². The molecule has 6 nitrogen and oxygen atoms in total. The van der Waals surface area contributed by atoms with E-state index in [0.29, 0.717) is 24.3 Å². The van der Waals surface area contributed by atoms with Gasteiger partial charge in [-0.2, -0.15) is 5.10 Å². The van der Waals surface area contributed by atoms with Crippen molar-refractivity contribution in [2.75, 3.05) is 6.79 Å². The zero-order chi connectivity index (χ0) is 16.1. The summed E-state index contributed by atoms with van der Waals surface area (Å²) in [5, 5.41) is 13.1. The van der Waals surface area contributed by atoms with Gasteiger partial charge in [-0.05, 0) is 47.9 Å². The second-order valence-electron chi connectivity index (χ2n) is 5.07. The lowest BCUT2D eigenvalue weighted by Gasteiger charge is -2.01. The quantitative estimate of drug-likeness (QED) is 0.655. The number of benzene rings is 2. The van der Waals surface area contributed by atoms with Crippen molar-refractivity contribution in [3.63, 3.8) is 0 Å². The number of rotatable bonds is 5. The Hall–Kier alpha value is -3.02. The number of nitrogens with one attached hydrogen (secondary N) is 1. The average Bonchev–Trinajstić information content (AvgIpc) is 3.02. The van der Waals surface area contributed by atoms with Crippen LogP contribution in [0.5, 0.6) is 17.2 Å². The minimum absolute atomic E-state index is 0.171. The van der Waals surface area contributed by atoms with Gasteiger partial charge in [0.15, 0.2) is 11.5 Å². The van der Waals surface area contributed by atoms with E-state index in [1.807, 2.05) is 6.07 Å². The van der Waals surface area contributed by atoms with Crippen LogP contribution in [-0.4, -0.2) is 24.0 Å². The Bertz CT molecular complexity index is 726. The minimum atomic E-state index is -0.171. The number of phenols is 1. The predicted octanol–water partition coefficient (Wildman–Crippen LogP) is 2.20. The number of hydrazone groups is 1. The van der Waals surface area contributed by atoms with Crippen LogP contribution in [0, 0.1) is 0 Å². The van der Waals surface area contributed by atoms with Gasteiger partial charge >= 0.3 is 0 Å². The van der Waals surface area contributed by atoms with Crippen molar-refractivity contribution in [1.82, 2.24) is 5.43 Å². The number of hydrogen-bond donors (Lipinski definition) is 2. The molecule has 0 fully saturated rings. The molecule has 0 saturated heterocycles. The largest absolute Gasteiger partial charge is 0.508 e. The van der Waals surface area contributed by atoms with Gasteiger partial charge in [-0.1, -0.05) is 12.1 Å². The first-order valence-corrected chi connectivity index (χ1v) is 7.20. The second kappa shape index (κ2) is 6.83. The van der Waals surface area contributed by atoms with Gasteiger partial charge in [-0.3, -0.25) is 4.79 Å². The molecule has 2 aromatic carbocycles. The van der Waals surface area contributed by atoms with Gasteiger partial charge in [-0.25, -0.2) is 5.43 Å². The Balaban J connectivity index is 1.47. The van der Waals surface area contributed by atoms with Crippen molar-refractivity contribution in [2.45, 2.75) is 12.8 Å². The van der Waals surface area contributed by atoms with Crippen LogP contribution >= 0.6 is 0 Å². The highest BCUT2D eigenvalue weighted by atomic mass is 16.7. The summed E-state index contributed by atoms with van der Waals surface area (Å²) in [6.45, 7) is 0.226. The van der Waals surface area contributed by atoms with Crippen LogP contribution in [0.25, 0.3) is 0 Å². The van der Waals surface area contributed by atoms with Gasteiger partial charge in [0.05, 0.1) is 6.21 Å². The summed E-state index contributed by atoms with van der Waals surface area (Å²) < 4.78 is 10.5. The molecule has 2 aromatic rings. The third-order valence-corrected chi connectivity index (χ3v) is 3.38. The molecule has 0 aliphatic carbocycles. The molecule has 0 aromatic heterocycles. The Labute approximate surface area is 133 Å². The summed E-state index contributed by atoms with van der Waals surface area (Å²) in [4.78, 5) is 11.7. The van der Waals surface area contributed by atoms with E-state index in [0.717, 1.165) is 11.1 Å². The molecule has 6 heteroatoms. The fourth-order valence-corrected chi connectivity index (χ4v) is 2.15. The molecule has 0 saturated carbocycles. The lowest BCUT2D eigenvalue weighted by Crippen LogP contribution is -2.17. The third kappa shape index (κ3) is 4.00. The van der Waals surface area contributed by atoms with Crippen LogP contribution in [0.15, 0.2) is 47.6 Å². The van der Waals surface area contributed by atoms with Crippen molar-refractivity contribution in [3.8, 4) is 17.2 Å². The highest BCUT2D eigenvalue weighted by Gasteiger charge is 2.12. The number of hydrogen-bond acceptors (Lipinski definition) is 5. The molecule has 1 aliphatic heterocycles. The van der Waals surface area contributed by atoms with Crippen molar-refractivity contribution < 1.29 is 19.4 Å². The molecule has 1 amide bonds. The van der Waals surface area contributed by atoms with Crippen molar-refractivity contribution >= 4 is 12.1 Å². The predicted molar refractivity (Wildman–Crippen MR) is 84.7 cm³/mol. The van der Waals surface area contributed by atoms with E-state index in [2.05, 4.69) is 10.5 Å². The summed E-state index contributed by atoms with van der Waals surface area (Å²) in [6.07, 6.45) is 2.47. The van der Waals surface area contributed by atoms with Gasteiger partial charge in [0.25, 0.3) is 0 Å². The van der Waals surface area contributed by atoms with Crippen molar-refractivity contribution in [2.24, 2.45) is 5.10 Å². The fourth-order valence-electron chi connectivity index (χ4n) is 2.15. The number of aryl methyl sites for hydroxylation is 1. The third-order valence-electron chi connectivity index (χ3n) is 3.38. The molecular weight excluding hydrogens is 296 g/mol. The second-order valence-corrected chi connectivity index (χ2v) is 5.07. The summed E-state index contributed by atoms with van der Waals surface area (Å²) >= 11 is 0. The maximum Gasteiger partial charge on any atom is 0.240 e. The van der Waals surface area contributed by atoms with E-state index in [9.17, 15) is 9.90 Å². The smallest absolute Gasteiger partial charge is 0.240 e. The van der Waals surface area contributed by atoms with Gasteiger partial charge in [-0.15, -0.1) is 0 Å². The van der Waals surface area contributed by atoms with Crippen LogP contribution in [0.2, 0.25) is 0 Å². The Morgan fingerprint density at radius 1 is 1.17 bits per heavy atom. The molecular formula is C17H16N2O4. The maximum atomic E-state index is 11.7. The number of fused-ring (bicyclic) bond motifs is 1. The van der Waals surface area contributed by atoms with Crippen molar-refractivity contribution in [1.29, 1.82) is 0 Å². The molecule has 1 aliphatic rings. The van der Waals surface area contributed by atoms with Crippen LogP contribution in [-0.2, 0) is 11.2 Å². The molecule has 0 radical (unpaired) electrons. The van der Waals surface area contributed by atoms with E-state index >= 15 is 0 Å². The molecule has 1 heterocycles. The molecule has 3 rings (SSSR count). The first-order valence-electron chi connectivity index (χ1n) is 7.20. The van der Waals surface area contributed by atoms with Gasteiger partial charge in [0.2, 0.25) is 12.7 Å². The highest BCUT2D eigenvalue weighted by molar-refractivity contribution is 5.83. The molecule has 0 bridgehead atoms. The molecule has 0 atom stereocenters. The SMILES string of the molecule is O=C(CCc1ccc(O)cc1)NN=Cc1ccc2c(c1)OCO2. The first-order chi connectivity index (χ1) is 11.2. The zero-order valence-corrected chi connectivity index (χ0v) is 12.4. The summed E-state index contributed by atoms with van der Waals surface area (Å²) in [6, 6.07) is 12.2. The Kier molecular flexibility index (Phi) is 4.42. The van der Waals surface area contributed by atoms with Crippen LogP contribution < -0.4 is 14.9 Å². The number of aromatic hydroxyl groups is 1. The summed E-state index contributed by atoms with van der Waals surface area (Å²) in [7, 11) is 0.